The van der Waals surface area contributed by atoms with E-state index in [4.69, 9.17) is 0 Å². The van der Waals surface area contributed by atoms with Crippen LogP contribution >= 0.6 is 0 Å². The summed E-state index contributed by atoms with van der Waals surface area (Å²) in [6, 6.07) is 10.8. The summed E-state index contributed by atoms with van der Waals surface area (Å²) in [6.07, 6.45) is -2.92. The second kappa shape index (κ2) is 7.24. The van der Waals surface area contributed by atoms with Gasteiger partial charge in [-0.2, -0.15) is 13.2 Å². The molecular formula is C17H18F3N3O2S. The van der Waals surface area contributed by atoms with Crippen LogP contribution in [0, 0.1) is 0 Å². The van der Waals surface area contributed by atoms with Gasteiger partial charge in [0.1, 0.15) is 5.82 Å². The Labute approximate surface area is 149 Å². The lowest BCUT2D eigenvalue weighted by atomic mass is 10.1. The van der Waals surface area contributed by atoms with E-state index in [0.717, 1.165) is 23.9 Å². The number of nitrogens with one attached hydrogen (secondary N) is 1. The van der Waals surface area contributed by atoms with Crippen LogP contribution in [0.5, 0.6) is 0 Å². The van der Waals surface area contributed by atoms with E-state index in [0.29, 0.717) is 19.5 Å². The Balaban J connectivity index is 1.52. The van der Waals surface area contributed by atoms with Gasteiger partial charge in [0, 0.05) is 19.3 Å². The van der Waals surface area contributed by atoms with Gasteiger partial charge in [-0.25, -0.2) is 18.1 Å². The van der Waals surface area contributed by atoms with Gasteiger partial charge in [0.25, 0.3) is 0 Å². The molecule has 26 heavy (non-hydrogen) atoms. The zero-order chi connectivity index (χ0) is 18.8. The lowest BCUT2D eigenvalue weighted by molar-refractivity contribution is -0.137. The smallest absolute Gasteiger partial charge is 0.353 e. The van der Waals surface area contributed by atoms with Gasteiger partial charge in [0.2, 0.25) is 10.0 Å². The maximum atomic E-state index is 12.7. The Morgan fingerprint density at radius 3 is 2.50 bits per heavy atom. The van der Waals surface area contributed by atoms with Gasteiger partial charge in [-0.1, -0.05) is 30.3 Å². The van der Waals surface area contributed by atoms with Crippen LogP contribution in [0.2, 0.25) is 0 Å². The molecule has 5 nitrogen and oxygen atoms in total. The molecule has 0 bridgehead atoms. The van der Waals surface area contributed by atoms with Crippen LogP contribution < -0.4 is 9.62 Å². The number of benzene rings is 1. The summed E-state index contributed by atoms with van der Waals surface area (Å²) in [4.78, 5) is 5.54. The molecule has 0 atom stereocenters. The van der Waals surface area contributed by atoms with Crippen LogP contribution in [0.4, 0.5) is 19.0 Å². The third kappa shape index (κ3) is 4.73. The molecule has 9 heteroatoms. The van der Waals surface area contributed by atoms with E-state index >= 15 is 0 Å². The normalized spacial score (nSPS) is 15.7. The van der Waals surface area contributed by atoms with Crippen molar-refractivity contribution in [2.45, 2.75) is 18.6 Å². The molecule has 1 aliphatic heterocycles. The van der Waals surface area contributed by atoms with Crippen LogP contribution in [0.15, 0.2) is 48.7 Å². The largest absolute Gasteiger partial charge is 0.416 e. The van der Waals surface area contributed by atoms with E-state index in [1.807, 2.05) is 30.3 Å². The summed E-state index contributed by atoms with van der Waals surface area (Å²) in [5, 5.41) is 0. The molecule has 3 rings (SSSR count). The van der Waals surface area contributed by atoms with Crippen LogP contribution in [0.25, 0.3) is 0 Å². The maximum Gasteiger partial charge on any atom is 0.416 e. The van der Waals surface area contributed by atoms with Gasteiger partial charge < -0.3 is 4.90 Å². The fourth-order valence-electron chi connectivity index (χ4n) is 2.72. The summed E-state index contributed by atoms with van der Waals surface area (Å²) in [5.41, 5.74) is 0.163. The molecule has 0 saturated carbocycles. The van der Waals surface area contributed by atoms with Gasteiger partial charge in [-0.3, -0.25) is 0 Å². The van der Waals surface area contributed by atoms with Gasteiger partial charge in [0.15, 0.2) is 0 Å². The first-order valence-corrected chi connectivity index (χ1v) is 9.70. The standard InChI is InChI=1S/C17H18F3N3O2S/c18-17(19,20)14-6-8-21-16(10-14)23-11-15(12-23)22-26(24,25)9-7-13-4-2-1-3-5-13/h1-6,8,10,15,22H,7,9,11-12H2. The Morgan fingerprint density at radius 2 is 1.85 bits per heavy atom. The molecule has 2 aromatic rings. The summed E-state index contributed by atoms with van der Waals surface area (Å²) in [5.74, 6) is 0.162. The van der Waals surface area contributed by atoms with E-state index in [-0.39, 0.29) is 17.6 Å². The van der Waals surface area contributed by atoms with Crippen molar-refractivity contribution in [3.05, 3.63) is 59.8 Å². The number of alkyl halides is 3. The van der Waals surface area contributed by atoms with Crippen molar-refractivity contribution in [3.8, 4) is 0 Å². The van der Waals surface area contributed by atoms with Gasteiger partial charge in [-0.05, 0) is 24.1 Å². The van der Waals surface area contributed by atoms with Gasteiger partial charge in [0.05, 0.1) is 17.4 Å². The summed E-state index contributed by atoms with van der Waals surface area (Å²) >= 11 is 0. The van der Waals surface area contributed by atoms with E-state index in [9.17, 15) is 21.6 Å². The minimum Gasteiger partial charge on any atom is -0.353 e. The lowest BCUT2D eigenvalue weighted by Crippen LogP contribution is -2.60. The molecule has 1 aliphatic rings. The van der Waals surface area contributed by atoms with Crippen LogP contribution in [0.1, 0.15) is 11.1 Å². The predicted molar refractivity (Wildman–Crippen MR) is 92.3 cm³/mol. The number of sulfonamides is 1. The molecular weight excluding hydrogens is 367 g/mol. The zero-order valence-corrected chi connectivity index (χ0v) is 14.6. The average molecular weight is 385 g/mol. The highest BCUT2D eigenvalue weighted by molar-refractivity contribution is 7.89. The average Bonchev–Trinajstić information content (AvgIpc) is 2.56. The van der Waals surface area contributed by atoms with Crippen molar-refractivity contribution < 1.29 is 21.6 Å². The van der Waals surface area contributed by atoms with Crippen molar-refractivity contribution >= 4 is 15.8 Å². The van der Waals surface area contributed by atoms with E-state index < -0.39 is 21.8 Å². The first kappa shape index (κ1) is 18.7. The molecule has 0 aliphatic carbocycles. The maximum absolute atomic E-state index is 12.7. The molecule has 140 valence electrons. The number of nitrogens with zero attached hydrogens (tertiary/aromatic N) is 2. The third-order valence-electron chi connectivity index (χ3n) is 4.13. The van der Waals surface area contributed by atoms with Crippen LogP contribution in [-0.4, -0.2) is 38.3 Å². The lowest BCUT2D eigenvalue weighted by Gasteiger charge is -2.40. The second-order valence-corrected chi connectivity index (χ2v) is 8.05. The summed E-state index contributed by atoms with van der Waals surface area (Å²) < 4.78 is 65.1. The van der Waals surface area contributed by atoms with E-state index in [1.54, 1.807) is 4.90 Å². The first-order chi connectivity index (χ1) is 12.2. The predicted octanol–water partition coefficient (Wildman–Crippen LogP) is 2.45. The summed E-state index contributed by atoms with van der Waals surface area (Å²) in [7, 11) is -3.45. The van der Waals surface area contributed by atoms with E-state index in [2.05, 4.69) is 9.71 Å². The SMILES string of the molecule is O=S(=O)(CCc1ccccc1)NC1CN(c2cc(C(F)(F)F)ccn2)C1. The molecule has 1 saturated heterocycles. The topological polar surface area (TPSA) is 62.3 Å². The Kier molecular flexibility index (Phi) is 5.19. The quantitative estimate of drug-likeness (QED) is 0.830. The fraction of sp³-hybridized carbons (Fsp3) is 0.353. The van der Waals surface area contributed by atoms with Crippen molar-refractivity contribution in [2.75, 3.05) is 23.7 Å². The van der Waals surface area contributed by atoms with E-state index in [1.165, 1.54) is 0 Å². The highest BCUT2D eigenvalue weighted by atomic mass is 32.2. The van der Waals surface area contributed by atoms with Crippen molar-refractivity contribution in [1.29, 1.82) is 0 Å². The molecule has 1 aromatic heterocycles. The molecule has 1 N–H and O–H groups in total. The van der Waals surface area contributed by atoms with Crippen LogP contribution in [-0.2, 0) is 22.6 Å². The zero-order valence-electron chi connectivity index (χ0n) is 13.8. The molecule has 0 radical (unpaired) electrons. The van der Waals surface area contributed by atoms with Crippen molar-refractivity contribution in [1.82, 2.24) is 9.71 Å². The number of pyridine rings is 1. The highest BCUT2D eigenvalue weighted by Gasteiger charge is 2.34. The van der Waals surface area contributed by atoms with Gasteiger partial charge in [-0.15, -0.1) is 0 Å². The fourth-order valence-corrected chi connectivity index (χ4v) is 4.00. The minimum atomic E-state index is -4.43. The van der Waals surface area contributed by atoms with Crippen molar-refractivity contribution in [2.24, 2.45) is 0 Å². The minimum absolute atomic E-state index is 0.0324. The molecule has 2 heterocycles. The van der Waals surface area contributed by atoms with Crippen LogP contribution in [0.3, 0.4) is 0 Å². The Hall–Kier alpha value is -2.13. The Bertz CT molecular complexity index is 851. The molecule has 1 aromatic carbocycles. The number of hydrogen-bond donors (Lipinski definition) is 1. The number of anilines is 1. The number of halogens is 3. The number of aryl methyl sites for hydroxylation is 1. The number of aromatic nitrogens is 1. The number of hydrogen-bond acceptors (Lipinski definition) is 4. The van der Waals surface area contributed by atoms with Crippen molar-refractivity contribution in [3.63, 3.8) is 0 Å². The molecule has 0 amide bonds. The molecule has 0 unspecified atom stereocenters. The first-order valence-electron chi connectivity index (χ1n) is 8.05. The molecule has 0 spiro atoms. The van der Waals surface area contributed by atoms with Gasteiger partial charge >= 0.3 is 6.18 Å². The monoisotopic (exact) mass is 385 g/mol. The molecule has 1 fully saturated rings. The highest BCUT2D eigenvalue weighted by Crippen LogP contribution is 2.31. The second-order valence-electron chi connectivity index (χ2n) is 6.17. The number of rotatable bonds is 6. The third-order valence-corrected chi connectivity index (χ3v) is 5.56. The Morgan fingerprint density at radius 1 is 1.15 bits per heavy atom. The summed E-state index contributed by atoms with van der Waals surface area (Å²) in [6.45, 7) is 0.581.